The van der Waals surface area contributed by atoms with Crippen LogP contribution in [0, 0.1) is 17.1 Å². The van der Waals surface area contributed by atoms with Gasteiger partial charge in [0.15, 0.2) is 6.10 Å². The molecule has 0 spiro atoms. The molecule has 0 saturated carbocycles. The molecule has 0 aliphatic rings. The van der Waals surface area contributed by atoms with Crippen molar-refractivity contribution >= 4 is 5.97 Å². The first-order valence-corrected chi connectivity index (χ1v) is 4.26. The summed E-state index contributed by atoms with van der Waals surface area (Å²) in [6.07, 6.45) is -3.58. The molecule has 2 unspecified atom stereocenters. The smallest absolute Gasteiger partial charge is 0.335 e. The highest BCUT2D eigenvalue weighted by Crippen LogP contribution is 2.21. The minimum atomic E-state index is -1.81. The average Bonchev–Trinajstić information content (AvgIpc) is 2.27. The molecule has 1 rings (SSSR count). The summed E-state index contributed by atoms with van der Waals surface area (Å²) in [4.78, 5) is 10.6. The lowest BCUT2D eigenvalue weighted by molar-refractivity contribution is 0.0501. The van der Waals surface area contributed by atoms with Crippen LogP contribution < -0.4 is 0 Å². The molecule has 16 heavy (non-hydrogen) atoms. The van der Waals surface area contributed by atoms with Crippen LogP contribution in [0.5, 0.6) is 0 Å². The number of carboxylic acid groups (broad SMARTS) is 1. The van der Waals surface area contributed by atoms with Gasteiger partial charge in [0, 0.05) is 5.56 Å². The Bertz CT molecular complexity index is 455. The Labute approximate surface area is 90.0 Å². The Morgan fingerprint density at radius 1 is 1.44 bits per heavy atom. The number of rotatable bonds is 3. The van der Waals surface area contributed by atoms with Crippen molar-refractivity contribution in [2.75, 3.05) is 0 Å². The standard InChI is InChI=1S/C10H8FNO4/c11-7-2-1-5(10(15)16)3-6(7)9(14)8(13)4-12/h1-3,8-9,13-14H,(H,15,16). The number of benzene rings is 1. The van der Waals surface area contributed by atoms with E-state index in [0.717, 1.165) is 18.2 Å². The second-order valence-corrected chi connectivity index (χ2v) is 3.06. The molecule has 84 valence electrons. The third kappa shape index (κ3) is 2.34. The highest BCUT2D eigenvalue weighted by molar-refractivity contribution is 5.87. The SMILES string of the molecule is N#CC(O)C(O)c1cc(C(=O)O)ccc1F. The van der Waals surface area contributed by atoms with Gasteiger partial charge in [0.25, 0.3) is 0 Å². The van der Waals surface area contributed by atoms with E-state index >= 15 is 0 Å². The van der Waals surface area contributed by atoms with Gasteiger partial charge in [-0.2, -0.15) is 5.26 Å². The summed E-state index contributed by atoms with van der Waals surface area (Å²) < 4.78 is 13.2. The predicted molar refractivity (Wildman–Crippen MR) is 49.9 cm³/mol. The largest absolute Gasteiger partial charge is 0.478 e. The maximum Gasteiger partial charge on any atom is 0.335 e. The lowest BCUT2D eigenvalue weighted by Gasteiger charge is -2.13. The Balaban J connectivity index is 3.17. The molecule has 0 aliphatic heterocycles. The maximum atomic E-state index is 13.2. The van der Waals surface area contributed by atoms with Crippen LogP contribution in [-0.2, 0) is 0 Å². The van der Waals surface area contributed by atoms with E-state index in [1.54, 1.807) is 0 Å². The highest BCUT2D eigenvalue weighted by Gasteiger charge is 2.22. The summed E-state index contributed by atoms with van der Waals surface area (Å²) in [5.74, 6) is -2.17. The zero-order valence-corrected chi connectivity index (χ0v) is 7.96. The van der Waals surface area contributed by atoms with E-state index in [1.165, 1.54) is 6.07 Å². The van der Waals surface area contributed by atoms with Crippen LogP contribution in [0.3, 0.4) is 0 Å². The lowest BCUT2D eigenvalue weighted by atomic mass is 10.0. The molecule has 1 aromatic rings. The topological polar surface area (TPSA) is 102 Å². The van der Waals surface area contributed by atoms with Crippen molar-refractivity contribution in [3.63, 3.8) is 0 Å². The van der Waals surface area contributed by atoms with Crippen LogP contribution in [-0.4, -0.2) is 27.4 Å². The van der Waals surface area contributed by atoms with Crippen molar-refractivity contribution in [2.45, 2.75) is 12.2 Å². The maximum absolute atomic E-state index is 13.2. The second-order valence-electron chi connectivity index (χ2n) is 3.06. The van der Waals surface area contributed by atoms with Gasteiger partial charge in [0.1, 0.15) is 11.9 Å². The van der Waals surface area contributed by atoms with Crippen LogP contribution in [0.2, 0.25) is 0 Å². The lowest BCUT2D eigenvalue weighted by Crippen LogP contribution is -2.17. The Morgan fingerprint density at radius 2 is 2.06 bits per heavy atom. The summed E-state index contributed by atoms with van der Waals surface area (Å²) in [6.45, 7) is 0. The second kappa shape index (κ2) is 4.70. The van der Waals surface area contributed by atoms with Gasteiger partial charge in [0.05, 0.1) is 11.6 Å². The molecular weight excluding hydrogens is 217 g/mol. The van der Waals surface area contributed by atoms with E-state index in [9.17, 15) is 14.3 Å². The van der Waals surface area contributed by atoms with Crippen molar-refractivity contribution < 1.29 is 24.5 Å². The van der Waals surface area contributed by atoms with E-state index in [2.05, 4.69) is 0 Å². The summed E-state index contributed by atoms with van der Waals surface area (Å²) in [5.41, 5.74) is -0.658. The zero-order valence-electron chi connectivity index (χ0n) is 7.96. The monoisotopic (exact) mass is 225 g/mol. The van der Waals surface area contributed by atoms with Crippen molar-refractivity contribution in [3.05, 3.63) is 35.1 Å². The van der Waals surface area contributed by atoms with Gasteiger partial charge in [-0.25, -0.2) is 9.18 Å². The van der Waals surface area contributed by atoms with Gasteiger partial charge in [-0.15, -0.1) is 0 Å². The number of aliphatic hydroxyl groups excluding tert-OH is 2. The molecular formula is C10H8FNO4. The Kier molecular flexibility index (Phi) is 3.55. The number of aromatic carboxylic acids is 1. The number of aliphatic hydroxyl groups is 2. The fourth-order valence-electron chi connectivity index (χ4n) is 1.14. The number of hydrogen-bond acceptors (Lipinski definition) is 4. The number of nitrogens with zero attached hydrogens (tertiary/aromatic N) is 1. The van der Waals surface area contributed by atoms with E-state index in [4.69, 9.17) is 15.5 Å². The van der Waals surface area contributed by atoms with Crippen molar-refractivity contribution in [1.29, 1.82) is 5.26 Å². The predicted octanol–water partition coefficient (Wildman–Crippen LogP) is 0.442. The van der Waals surface area contributed by atoms with Crippen LogP contribution in [0.15, 0.2) is 18.2 Å². The molecule has 5 nitrogen and oxygen atoms in total. The van der Waals surface area contributed by atoms with Crippen LogP contribution >= 0.6 is 0 Å². The number of carboxylic acids is 1. The first-order chi connectivity index (χ1) is 7.47. The van der Waals surface area contributed by atoms with Crippen LogP contribution in [0.25, 0.3) is 0 Å². The zero-order chi connectivity index (χ0) is 12.3. The fraction of sp³-hybridized carbons (Fsp3) is 0.200. The summed E-state index contributed by atoms with van der Waals surface area (Å²) >= 11 is 0. The Hall–Kier alpha value is -1.97. The third-order valence-electron chi connectivity index (χ3n) is 1.99. The molecule has 0 aliphatic carbocycles. The normalized spacial score (nSPS) is 13.9. The molecule has 2 atom stereocenters. The van der Waals surface area contributed by atoms with Gasteiger partial charge in [-0.1, -0.05) is 0 Å². The van der Waals surface area contributed by atoms with Gasteiger partial charge in [-0.3, -0.25) is 0 Å². The van der Waals surface area contributed by atoms with E-state index in [0.29, 0.717) is 0 Å². The first-order valence-electron chi connectivity index (χ1n) is 4.26. The fourth-order valence-corrected chi connectivity index (χ4v) is 1.14. The summed E-state index contributed by atoms with van der Waals surface area (Å²) in [5, 5.41) is 35.4. The molecule has 3 N–H and O–H groups in total. The van der Waals surface area contributed by atoms with Crippen LogP contribution in [0.4, 0.5) is 4.39 Å². The first kappa shape index (κ1) is 12.1. The van der Waals surface area contributed by atoms with E-state index in [1.807, 2.05) is 0 Å². The third-order valence-corrected chi connectivity index (χ3v) is 1.99. The summed E-state index contributed by atoms with van der Waals surface area (Å²) in [6, 6.07) is 4.08. The van der Waals surface area contributed by atoms with E-state index < -0.39 is 29.6 Å². The average molecular weight is 225 g/mol. The molecule has 6 heteroatoms. The van der Waals surface area contributed by atoms with Gasteiger partial charge < -0.3 is 15.3 Å². The van der Waals surface area contributed by atoms with Gasteiger partial charge in [0.2, 0.25) is 0 Å². The highest BCUT2D eigenvalue weighted by atomic mass is 19.1. The van der Waals surface area contributed by atoms with E-state index in [-0.39, 0.29) is 5.56 Å². The number of hydrogen-bond donors (Lipinski definition) is 3. The molecule has 0 heterocycles. The minimum Gasteiger partial charge on any atom is -0.478 e. The molecule has 0 amide bonds. The Morgan fingerprint density at radius 3 is 2.56 bits per heavy atom. The molecule has 0 radical (unpaired) electrons. The molecule has 0 saturated heterocycles. The minimum absolute atomic E-state index is 0.236. The number of nitriles is 1. The van der Waals surface area contributed by atoms with Crippen molar-refractivity contribution in [2.24, 2.45) is 0 Å². The van der Waals surface area contributed by atoms with Crippen LogP contribution in [0.1, 0.15) is 22.0 Å². The molecule has 1 aromatic carbocycles. The van der Waals surface area contributed by atoms with Crippen molar-refractivity contribution in [1.82, 2.24) is 0 Å². The number of halogens is 1. The molecule has 0 aromatic heterocycles. The van der Waals surface area contributed by atoms with Gasteiger partial charge >= 0.3 is 5.97 Å². The molecule has 0 bridgehead atoms. The number of carbonyl (C=O) groups is 1. The molecule has 0 fully saturated rings. The quantitative estimate of drug-likeness (QED) is 0.648. The summed E-state index contributed by atoms with van der Waals surface area (Å²) in [7, 11) is 0. The van der Waals surface area contributed by atoms with Gasteiger partial charge in [-0.05, 0) is 18.2 Å². The van der Waals surface area contributed by atoms with Crippen molar-refractivity contribution in [3.8, 4) is 6.07 Å².